The van der Waals surface area contributed by atoms with E-state index in [4.69, 9.17) is 11.5 Å². The first-order chi connectivity index (χ1) is 6.18. The highest BCUT2D eigenvalue weighted by Gasteiger charge is 2.29. The van der Waals surface area contributed by atoms with E-state index in [9.17, 15) is 0 Å². The summed E-state index contributed by atoms with van der Waals surface area (Å²) in [4.78, 5) is 0. The molecule has 1 aliphatic rings. The van der Waals surface area contributed by atoms with Crippen LogP contribution in [-0.2, 0) is 0 Å². The Bertz CT molecular complexity index is 316. The minimum absolute atomic E-state index is 0.222. The van der Waals surface area contributed by atoms with E-state index in [0.717, 1.165) is 11.3 Å². The first kappa shape index (κ1) is 8.57. The smallest absolute Gasteiger partial charge is 0.0343 e. The summed E-state index contributed by atoms with van der Waals surface area (Å²) < 4.78 is 0. The van der Waals surface area contributed by atoms with Crippen LogP contribution in [-0.4, -0.2) is 0 Å². The molecular formula is C11H16N2. The van der Waals surface area contributed by atoms with E-state index < -0.39 is 0 Å². The molecule has 0 heterocycles. The van der Waals surface area contributed by atoms with Crippen molar-refractivity contribution in [2.45, 2.75) is 25.8 Å². The molecule has 1 fully saturated rings. The number of hydrogen-bond donors (Lipinski definition) is 2. The molecule has 0 saturated heterocycles. The average molecular weight is 176 g/mol. The molecule has 1 aromatic rings. The molecule has 0 radical (unpaired) electrons. The number of rotatable bonds is 2. The van der Waals surface area contributed by atoms with Crippen molar-refractivity contribution in [2.75, 3.05) is 5.73 Å². The number of anilines is 1. The molecule has 4 N–H and O–H groups in total. The van der Waals surface area contributed by atoms with Crippen molar-refractivity contribution in [1.82, 2.24) is 0 Å². The highest BCUT2D eigenvalue weighted by atomic mass is 14.7. The van der Waals surface area contributed by atoms with Crippen LogP contribution >= 0.6 is 0 Å². The third kappa shape index (κ3) is 1.68. The third-order valence-electron chi connectivity index (χ3n) is 2.81. The van der Waals surface area contributed by atoms with E-state index in [1.54, 1.807) is 0 Å². The first-order valence-corrected chi connectivity index (χ1v) is 4.80. The van der Waals surface area contributed by atoms with Crippen LogP contribution in [0.25, 0.3) is 0 Å². The summed E-state index contributed by atoms with van der Waals surface area (Å²) in [7, 11) is 0. The number of nitrogen functional groups attached to an aromatic ring is 1. The Morgan fingerprint density at radius 2 is 2.08 bits per heavy atom. The van der Waals surface area contributed by atoms with Crippen molar-refractivity contribution in [2.24, 2.45) is 11.7 Å². The van der Waals surface area contributed by atoms with Gasteiger partial charge in [-0.15, -0.1) is 0 Å². The summed E-state index contributed by atoms with van der Waals surface area (Å²) >= 11 is 0. The number of nitrogens with two attached hydrogens (primary N) is 2. The summed E-state index contributed by atoms with van der Waals surface area (Å²) in [5.74, 6) is 0.711. The topological polar surface area (TPSA) is 52.0 Å². The fourth-order valence-electron chi connectivity index (χ4n) is 1.63. The number of benzene rings is 1. The van der Waals surface area contributed by atoms with Crippen LogP contribution < -0.4 is 11.5 Å². The molecule has 1 saturated carbocycles. The lowest BCUT2D eigenvalue weighted by molar-refractivity contribution is 0.633. The number of aryl methyl sites for hydroxylation is 1. The van der Waals surface area contributed by atoms with E-state index in [0.29, 0.717) is 5.92 Å². The van der Waals surface area contributed by atoms with Gasteiger partial charge in [0.05, 0.1) is 0 Å². The van der Waals surface area contributed by atoms with Gasteiger partial charge >= 0.3 is 0 Å². The summed E-state index contributed by atoms with van der Waals surface area (Å²) in [6.07, 6.45) is 2.56. The molecule has 1 aromatic carbocycles. The predicted octanol–water partition coefficient (Wildman–Crippen LogP) is 1.99. The Morgan fingerprint density at radius 1 is 1.38 bits per heavy atom. The van der Waals surface area contributed by atoms with Crippen LogP contribution in [0.2, 0.25) is 0 Å². The van der Waals surface area contributed by atoms with Crippen molar-refractivity contribution in [3.05, 3.63) is 29.3 Å². The molecule has 2 heteroatoms. The van der Waals surface area contributed by atoms with E-state index >= 15 is 0 Å². The summed E-state index contributed by atoms with van der Waals surface area (Å²) in [5.41, 5.74) is 15.0. The highest BCUT2D eigenvalue weighted by molar-refractivity contribution is 5.48. The molecule has 0 bridgehead atoms. The lowest BCUT2D eigenvalue weighted by atomic mass is 10.0. The van der Waals surface area contributed by atoms with Gasteiger partial charge < -0.3 is 11.5 Å². The quantitative estimate of drug-likeness (QED) is 0.677. The minimum Gasteiger partial charge on any atom is -0.399 e. The second-order valence-corrected chi connectivity index (χ2v) is 3.98. The molecule has 1 atom stereocenters. The molecule has 0 amide bonds. The van der Waals surface area contributed by atoms with Gasteiger partial charge in [0, 0.05) is 11.7 Å². The van der Waals surface area contributed by atoms with Crippen molar-refractivity contribution >= 4 is 5.69 Å². The van der Waals surface area contributed by atoms with Crippen LogP contribution in [0.15, 0.2) is 18.2 Å². The predicted molar refractivity (Wildman–Crippen MR) is 55.2 cm³/mol. The second-order valence-electron chi connectivity index (χ2n) is 3.98. The molecule has 0 unspecified atom stereocenters. The summed E-state index contributed by atoms with van der Waals surface area (Å²) in [6.45, 7) is 2.03. The molecule has 0 aromatic heterocycles. The van der Waals surface area contributed by atoms with Gasteiger partial charge in [-0.2, -0.15) is 0 Å². The van der Waals surface area contributed by atoms with Gasteiger partial charge in [0.25, 0.3) is 0 Å². The van der Waals surface area contributed by atoms with E-state index in [-0.39, 0.29) is 6.04 Å². The minimum atomic E-state index is 0.222. The normalized spacial score (nSPS) is 18.6. The Balaban J connectivity index is 2.24. The van der Waals surface area contributed by atoms with Crippen molar-refractivity contribution in [3.63, 3.8) is 0 Å². The largest absolute Gasteiger partial charge is 0.399 e. The zero-order chi connectivity index (χ0) is 9.42. The van der Waals surface area contributed by atoms with Crippen molar-refractivity contribution in [3.8, 4) is 0 Å². The fraction of sp³-hybridized carbons (Fsp3) is 0.455. The molecule has 0 aliphatic heterocycles. The SMILES string of the molecule is Cc1cc([C@H](N)C2CC2)ccc1N. The molecule has 1 aliphatic carbocycles. The fourth-order valence-corrected chi connectivity index (χ4v) is 1.63. The maximum absolute atomic E-state index is 6.08. The van der Waals surface area contributed by atoms with E-state index in [1.165, 1.54) is 18.4 Å². The van der Waals surface area contributed by atoms with Gasteiger partial charge in [-0.1, -0.05) is 12.1 Å². The monoisotopic (exact) mass is 176 g/mol. The Kier molecular flexibility index (Phi) is 2.00. The third-order valence-corrected chi connectivity index (χ3v) is 2.81. The standard InChI is InChI=1S/C11H16N2/c1-7-6-9(4-5-10(7)12)11(13)8-2-3-8/h4-6,8,11H,2-3,12-13H2,1H3/t11-/m1/s1. The van der Waals surface area contributed by atoms with Crippen LogP contribution in [0.3, 0.4) is 0 Å². The molecule has 2 rings (SSSR count). The highest BCUT2D eigenvalue weighted by Crippen LogP contribution is 2.39. The lowest BCUT2D eigenvalue weighted by Gasteiger charge is -2.12. The number of hydrogen-bond acceptors (Lipinski definition) is 2. The molecule has 2 nitrogen and oxygen atoms in total. The Morgan fingerprint density at radius 3 is 2.62 bits per heavy atom. The zero-order valence-electron chi connectivity index (χ0n) is 7.96. The van der Waals surface area contributed by atoms with Crippen LogP contribution in [0, 0.1) is 12.8 Å². The van der Waals surface area contributed by atoms with Gasteiger partial charge in [-0.3, -0.25) is 0 Å². The zero-order valence-corrected chi connectivity index (χ0v) is 7.96. The van der Waals surface area contributed by atoms with Gasteiger partial charge in [0.1, 0.15) is 0 Å². The maximum Gasteiger partial charge on any atom is 0.0343 e. The Labute approximate surface area is 78.9 Å². The maximum atomic E-state index is 6.08. The van der Waals surface area contributed by atoms with Crippen molar-refractivity contribution in [1.29, 1.82) is 0 Å². The van der Waals surface area contributed by atoms with Gasteiger partial charge in [-0.25, -0.2) is 0 Å². The molecule has 13 heavy (non-hydrogen) atoms. The summed E-state index contributed by atoms with van der Waals surface area (Å²) in [6, 6.07) is 6.33. The summed E-state index contributed by atoms with van der Waals surface area (Å²) in [5, 5.41) is 0. The lowest BCUT2D eigenvalue weighted by Crippen LogP contribution is -2.12. The van der Waals surface area contributed by atoms with Gasteiger partial charge in [0.15, 0.2) is 0 Å². The molecule has 0 spiro atoms. The van der Waals surface area contributed by atoms with Gasteiger partial charge in [0.2, 0.25) is 0 Å². The van der Waals surface area contributed by atoms with E-state index in [2.05, 4.69) is 6.07 Å². The van der Waals surface area contributed by atoms with Crippen LogP contribution in [0.4, 0.5) is 5.69 Å². The first-order valence-electron chi connectivity index (χ1n) is 4.80. The van der Waals surface area contributed by atoms with Crippen LogP contribution in [0.5, 0.6) is 0 Å². The molecular weight excluding hydrogens is 160 g/mol. The van der Waals surface area contributed by atoms with Crippen LogP contribution in [0.1, 0.15) is 30.0 Å². The van der Waals surface area contributed by atoms with E-state index in [1.807, 2.05) is 19.1 Å². The van der Waals surface area contributed by atoms with Gasteiger partial charge in [-0.05, 0) is 42.9 Å². The average Bonchev–Trinajstić information content (AvgIpc) is 2.91. The second kappa shape index (κ2) is 3.04. The molecule has 70 valence electrons. The van der Waals surface area contributed by atoms with Crippen molar-refractivity contribution < 1.29 is 0 Å². The Hall–Kier alpha value is -1.02.